The zero-order chi connectivity index (χ0) is 21.4. The van der Waals surface area contributed by atoms with Gasteiger partial charge >= 0.3 is 0 Å². The minimum absolute atomic E-state index is 0.0418. The maximum absolute atomic E-state index is 12.6. The lowest BCUT2D eigenvalue weighted by molar-refractivity contribution is 0.0634. The normalized spacial score (nSPS) is 12.6. The Balaban J connectivity index is 1.71. The van der Waals surface area contributed by atoms with Crippen molar-refractivity contribution in [3.63, 3.8) is 0 Å². The summed E-state index contributed by atoms with van der Waals surface area (Å²) in [5, 5.41) is 4.06. The standard InChI is InChI=1S/C23H24N2O4S/c1-18-8-14-22(15-9-18)30(26,27)25-17-23(20-6-4-3-5-7-20)29-24-16-19-10-12-21(28-2)13-11-19/h3-16,23,25H,17H2,1-2H3/b24-16+. The van der Waals surface area contributed by atoms with Gasteiger partial charge in [0.25, 0.3) is 0 Å². The fourth-order valence-electron chi connectivity index (χ4n) is 2.72. The molecule has 0 bridgehead atoms. The van der Waals surface area contributed by atoms with Crippen LogP contribution in [0.4, 0.5) is 0 Å². The first-order chi connectivity index (χ1) is 14.5. The number of rotatable bonds is 9. The highest BCUT2D eigenvalue weighted by molar-refractivity contribution is 7.89. The molecule has 3 aromatic carbocycles. The van der Waals surface area contributed by atoms with E-state index in [0.717, 1.165) is 22.4 Å². The maximum Gasteiger partial charge on any atom is 0.240 e. The van der Waals surface area contributed by atoms with Gasteiger partial charge in [0.15, 0.2) is 6.10 Å². The van der Waals surface area contributed by atoms with Gasteiger partial charge in [-0.1, -0.05) is 53.2 Å². The Morgan fingerprint density at radius 3 is 2.27 bits per heavy atom. The number of nitrogens with one attached hydrogen (secondary N) is 1. The minimum Gasteiger partial charge on any atom is -0.497 e. The van der Waals surface area contributed by atoms with Crippen LogP contribution in [0.25, 0.3) is 0 Å². The summed E-state index contributed by atoms with van der Waals surface area (Å²) < 4.78 is 33.0. The van der Waals surface area contributed by atoms with Crippen LogP contribution >= 0.6 is 0 Å². The largest absolute Gasteiger partial charge is 0.497 e. The van der Waals surface area contributed by atoms with Crippen LogP contribution in [-0.4, -0.2) is 28.3 Å². The van der Waals surface area contributed by atoms with E-state index in [1.165, 1.54) is 0 Å². The molecular formula is C23H24N2O4S. The average molecular weight is 425 g/mol. The third kappa shape index (κ3) is 5.92. The van der Waals surface area contributed by atoms with Crippen molar-refractivity contribution < 1.29 is 18.0 Å². The predicted molar refractivity (Wildman–Crippen MR) is 117 cm³/mol. The summed E-state index contributed by atoms with van der Waals surface area (Å²) in [4.78, 5) is 5.86. The third-order valence-electron chi connectivity index (χ3n) is 4.47. The molecule has 0 amide bonds. The highest BCUT2D eigenvalue weighted by atomic mass is 32.2. The van der Waals surface area contributed by atoms with Gasteiger partial charge < -0.3 is 9.57 Å². The van der Waals surface area contributed by atoms with E-state index in [-0.39, 0.29) is 11.4 Å². The number of sulfonamides is 1. The Kier molecular flexibility index (Phi) is 7.21. The zero-order valence-corrected chi connectivity index (χ0v) is 17.7. The van der Waals surface area contributed by atoms with Gasteiger partial charge in [-0.2, -0.15) is 0 Å². The molecule has 0 aliphatic carbocycles. The van der Waals surface area contributed by atoms with Crippen LogP contribution in [0.2, 0.25) is 0 Å². The Morgan fingerprint density at radius 1 is 0.967 bits per heavy atom. The van der Waals surface area contributed by atoms with E-state index in [4.69, 9.17) is 9.57 Å². The molecule has 1 atom stereocenters. The lowest BCUT2D eigenvalue weighted by atomic mass is 10.1. The van der Waals surface area contributed by atoms with Crippen molar-refractivity contribution in [3.8, 4) is 5.75 Å². The van der Waals surface area contributed by atoms with Crippen molar-refractivity contribution in [2.75, 3.05) is 13.7 Å². The molecule has 6 nitrogen and oxygen atoms in total. The summed E-state index contributed by atoms with van der Waals surface area (Å²) in [6.45, 7) is 1.95. The van der Waals surface area contributed by atoms with E-state index in [9.17, 15) is 8.42 Å². The number of methoxy groups -OCH3 is 1. The second-order valence-electron chi connectivity index (χ2n) is 6.68. The molecule has 3 aromatic rings. The number of ether oxygens (including phenoxy) is 1. The molecular weight excluding hydrogens is 400 g/mol. The Morgan fingerprint density at radius 2 is 1.63 bits per heavy atom. The van der Waals surface area contributed by atoms with Crippen LogP contribution in [0.5, 0.6) is 5.75 Å². The number of hydrogen-bond acceptors (Lipinski definition) is 5. The van der Waals surface area contributed by atoms with Gasteiger partial charge in [0.05, 0.1) is 24.8 Å². The van der Waals surface area contributed by atoms with E-state index in [1.807, 2.05) is 61.5 Å². The van der Waals surface area contributed by atoms with E-state index >= 15 is 0 Å². The molecule has 1 N–H and O–H groups in total. The van der Waals surface area contributed by atoms with Crippen molar-refractivity contribution in [2.45, 2.75) is 17.9 Å². The molecule has 0 spiro atoms. The van der Waals surface area contributed by atoms with Crippen LogP contribution < -0.4 is 9.46 Å². The van der Waals surface area contributed by atoms with Crippen LogP contribution in [0.3, 0.4) is 0 Å². The highest BCUT2D eigenvalue weighted by Gasteiger charge is 2.19. The first-order valence-corrected chi connectivity index (χ1v) is 10.9. The second kappa shape index (κ2) is 10.0. The molecule has 7 heteroatoms. The van der Waals surface area contributed by atoms with Crippen molar-refractivity contribution >= 4 is 16.2 Å². The zero-order valence-electron chi connectivity index (χ0n) is 16.9. The molecule has 0 heterocycles. The molecule has 3 rings (SSSR count). The lowest BCUT2D eigenvalue weighted by Crippen LogP contribution is -2.29. The predicted octanol–water partition coefficient (Wildman–Crippen LogP) is 4.07. The van der Waals surface area contributed by atoms with Crippen LogP contribution in [0.15, 0.2) is 88.9 Å². The smallest absolute Gasteiger partial charge is 0.240 e. The SMILES string of the molecule is COc1ccc(/C=N/OC(CNS(=O)(=O)c2ccc(C)cc2)c2ccccc2)cc1. The minimum atomic E-state index is -3.66. The van der Waals surface area contributed by atoms with E-state index in [0.29, 0.717) is 0 Å². The summed E-state index contributed by atoms with van der Waals surface area (Å²) in [5.74, 6) is 0.751. The number of oxime groups is 1. The van der Waals surface area contributed by atoms with Crippen LogP contribution in [0.1, 0.15) is 22.8 Å². The average Bonchev–Trinajstić information content (AvgIpc) is 2.77. The molecule has 0 saturated heterocycles. The van der Waals surface area contributed by atoms with Gasteiger partial charge in [-0.3, -0.25) is 0 Å². The van der Waals surface area contributed by atoms with Crippen molar-refractivity contribution in [2.24, 2.45) is 5.16 Å². The van der Waals surface area contributed by atoms with Crippen LogP contribution in [0, 0.1) is 6.92 Å². The highest BCUT2D eigenvalue weighted by Crippen LogP contribution is 2.19. The second-order valence-corrected chi connectivity index (χ2v) is 8.44. The molecule has 0 radical (unpaired) electrons. The summed E-state index contributed by atoms with van der Waals surface area (Å²) in [6.07, 6.45) is 0.991. The van der Waals surface area contributed by atoms with Gasteiger partial charge in [0.2, 0.25) is 10.0 Å². The number of hydrogen-bond donors (Lipinski definition) is 1. The molecule has 0 aromatic heterocycles. The fraction of sp³-hybridized carbons (Fsp3) is 0.174. The summed E-state index contributed by atoms with van der Waals surface area (Å²) >= 11 is 0. The Labute approximate surface area is 177 Å². The van der Waals surface area contributed by atoms with Gasteiger partial charge in [-0.25, -0.2) is 13.1 Å². The Hall–Kier alpha value is -3.16. The molecule has 0 aliphatic rings. The lowest BCUT2D eigenvalue weighted by Gasteiger charge is -2.16. The summed E-state index contributed by atoms with van der Waals surface area (Å²) in [7, 11) is -2.06. The van der Waals surface area contributed by atoms with Crippen LogP contribution in [-0.2, 0) is 14.9 Å². The number of nitrogens with zero attached hydrogens (tertiary/aromatic N) is 1. The Bertz CT molecular complexity index is 1060. The van der Waals surface area contributed by atoms with Gasteiger partial charge in [-0.05, 0) is 54.4 Å². The van der Waals surface area contributed by atoms with Gasteiger partial charge in [-0.15, -0.1) is 0 Å². The van der Waals surface area contributed by atoms with E-state index in [1.54, 1.807) is 37.6 Å². The van der Waals surface area contributed by atoms with E-state index < -0.39 is 16.1 Å². The number of benzene rings is 3. The van der Waals surface area contributed by atoms with Gasteiger partial charge in [0.1, 0.15) is 5.75 Å². The van der Waals surface area contributed by atoms with Crippen molar-refractivity contribution in [1.29, 1.82) is 0 Å². The molecule has 1 unspecified atom stereocenters. The van der Waals surface area contributed by atoms with Gasteiger partial charge in [0, 0.05) is 0 Å². The fourth-order valence-corrected chi connectivity index (χ4v) is 3.76. The third-order valence-corrected chi connectivity index (χ3v) is 5.91. The molecule has 30 heavy (non-hydrogen) atoms. The maximum atomic E-state index is 12.6. The van der Waals surface area contributed by atoms with E-state index in [2.05, 4.69) is 9.88 Å². The molecule has 0 saturated carbocycles. The quantitative estimate of drug-likeness (QED) is 0.415. The first kappa shape index (κ1) is 21.5. The van der Waals surface area contributed by atoms with Crippen molar-refractivity contribution in [3.05, 3.63) is 95.6 Å². The molecule has 156 valence electrons. The monoisotopic (exact) mass is 424 g/mol. The molecule has 0 fully saturated rings. The summed E-state index contributed by atoms with van der Waals surface area (Å²) in [5.41, 5.74) is 2.64. The summed E-state index contributed by atoms with van der Waals surface area (Å²) in [6, 6.07) is 23.4. The molecule has 0 aliphatic heterocycles. The topological polar surface area (TPSA) is 77.0 Å². The number of aryl methyl sites for hydroxylation is 1. The first-order valence-electron chi connectivity index (χ1n) is 9.42. The van der Waals surface area contributed by atoms with Crippen molar-refractivity contribution in [1.82, 2.24) is 4.72 Å².